The van der Waals surface area contributed by atoms with Crippen molar-refractivity contribution in [2.24, 2.45) is 5.73 Å². The highest BCUT2D eigenvalue weighted by molar-refractivity contribution is 5.99. The first-order valence-electron chi connectivity index (χ1n) is 8.62. The fourth-order valence-corrected chi connectivity index (χ4v) is 2.74. The molecule has 28 heavy (non-hydrogen) atoms. The topological polar surface area (TPSA) is 118 Å². The van der Waals surface area contributed by atoms with Gasteiger partial charge in [-0.15, -0.1) is 0 Å². The van der Waals surface area contributed by atoms with Crippen LogP contribution in [0.15, 0.2) is 72.8 Å². The molecule has 2 unspecified atom stereocenters. The maximum atomic E-state index is 10.9. The zero-order valence-electron chi connectivity index (χ0n) is 15.1. The number of aldehydes is 1. The standard InChI is InChI=1S/C13H10O3.C9H11NO2/c14-8-12(13(15)16)11-7-3-5-9-4-1-2-6-10(9)11;10-8(9(11)12)6-7-4-2-1-3-5-7/h1-8,12H,(H,15,16);1-5,8H,6,10H2,(H,11,12). The van der Waals surface area contributed by atoms with E-state index in [0.29, 0.717) is 18.3 Å². The van der Waals surface area contributed by atoms with Crippen LogP contribution in [0.2, 0.25) is 0 Å². The summed E-state index contributed by atoms with van der Waals surface area (Å²) in [6.45, 7) is 0. The summed E-state index contributed by atoms with van der Waals surface area (Å²) in [5.74, 6) is -3.17. The quantitative estimate of drug-likeness (QED) is 0.448. The third kappa shape index (κ3) is 5.49. The van der Waals surface area contributed by atoms with E-state index in [0.717, 1.165) is 16.3 Å². The molecule has 0 aliphatic carbocycles. The molecule has 0 aliphatic heterocycles. The summed E-state index contributed by atoms with van der Waals surface area (Å²) in [6, 6.07) is 21.3. The molecule has 2 atom stereocenters. The zero-order valence-corrected chi connectivity index (χ0v) is 15.1. The van der Waals surface area contributed by atoms with Gasteiger partial charge in [0.25, 0.3) is 0 Å². The molecule has 3 aromatic rings. The molecule has 3 aromatic carbocycles. The Bertz CT molecular complexity index is 950. The molecule has 0 aromatic heterocycles. The Labute approximate surface area is 162 Å². The number of hydrogen-bond acceptors (Lipinski definition) is 4. The van der Waals surface area contributed by atoms with E-state index in [4.69, 9.17) is 15.9 Å². The summed E-state index contributed by atoms with van der Waals surface area (Å²) in [5.41, 5.74) is 6.84. The van der Waals surface area contributed by atoms with Crippen molar-refractivity contribution in [2.75, 3.05) is 0 Å². The van der Waals surface area contributed by atoms with Crippen LogP contribution >= 0.6 is 0 Å². The molecular weight excluding hydrogens is 358 g/mol. The second kappa shape index (κ2) is 9.99. The van der Waals surface area contributed by atoms with E-state index in [1.807, 2.05) is 60.7 Å². The smallest absolute Gasteiger partial charge is 0.320 e. The van der Waals surface area contributed by atoms with Crippen LogP contribution in [0, 0.1) is 0 Å². The highest BCUT2D eigenvalue weighted by Gasteiger charge is 2.20. The summed E-state index contributed by atoms with van der Waals surface area (Å²) in [5, 5.41) is 19.2. The number of nitrogens with two attached hydrogens (primary N) is 1. The van der Waals surface area contributed by atoms with Crippen LogP contribution in [-0.2, 0) is 20.8 Å². The predicted octanol–water partition coefficient (Wildman–Crippen LogP) is 2.85. The van der Waals surface area contributed by atoms with Gasteiger partial charge in [-0.05, 0) is 28.3 Å². The number of fused-ring (bicyclic) bond motifs is 1. The lowest BCUT2D eigenvalue weighted by atomic mass is 9.94. The second-order valence-electron chi connectivity index (χ2n) is 6.15. The molecule has 0 amide bonds. The van der Waals surface area contributed by atoms with E-state index >= 15 is 0 Å². The van der Waals surface area contributed by atoms with E-state index in [1.54, 1.807) is 12.1 Å². The van der Waals surface area contributed by atoms with E-state index in [1.165, 1.54) is 0 Å². The van der Waals surface area contributed by atoms with Crippen molar-refractivity contribution in [1.82, 2.24) is 0 Å². The Morgan fingerprint density at radius 1 is 0.857 bits per heavy atom. The van der Waals surface area contributed by atoms with Crippen LogP contribution in [-0.4, -0.2) is 34.5 Å². The number of aliphatic carboxylic acids is 2. The highest BCUT2D eigenvalue weighted by Crippen LogP contribution is 2.24. The number of carbonyl (C=O) groups excluding carboxylic acids is 1. The van der Waals surface area contributed by atoms with Gasteiger partial charge in [-0.2, -0.15) is 0 Å². The number of carbonyl (C=O) groups is 3. The minimum Gasteiger partial charge on any atom is -0.480 e. The summed E-state index contributed by atoms with van der Waals surface area (Å²) in [4.78, 5) is 32.1. The monoisotopic (exact) mass is 379 g/mol. The lowest BCUT2D eigenvalue weighted by molar-refractivity contribution is -0.140. The summed E-state index contributed by atoms with van der Waals surface area (Å²) < 4.78 is 0. The Balaban J connectivity index is 0.000000209. The van der Waals surface area contributed by atoms with Crippen LogP contribution in [0.4, 0.5) is 0 Å². The van der Waals surface area contributed by atoms with Crippen LogP contribution in [0.3, 0.4) is 0 Å². The molecule has 0 bridgehead atoms. The molecule has 6 nitrogen and oxygen atoms in total. The molecule has 0 fully saturated rings. The molecular formula is C22H21NO5. The summed E-state index contributed by atoms with van der Waals surface area (Å²) >= 11 is 0. The third-order valence-electron chi connectivity index (χ3n) is 4.18. The molecule has 144 valence electrons. The van der Waals surface area contributed by atoms with Crippen LogP contribution in [0.5, 0.6) is 0 Å². The number of carboxylic acids is 2. The van der Waals surface area contributed by atoms with Crippen molar-refractivity contribution in [3.8, 4) is 0 Å². The first kappa shape index (κ1) is 20.8. The SMILES string of the molecule is NC(Cc1ccccc1)C(=O)O.O=CC(C(=O)O)c1cccc2ccccc12. The molecule has 0 heterocycles. The Hall–Kier alpha value is -3.51. The Morgan fingerprint density at radius 3 is 2.07 bits per heavy atom. The third-order valence-corrected chi connectivity index (χ3v) is 4.18. The Morgan fingerprint density at radius 2 is 1.46 bits per heavy atom. The van der Waals surface area contributed by atoms with Crippen LogP contribution in [0.25, 0.3) is 10.8 Å². The summed E-state index contributed by atoms with van der Waals surface area (Å²) in [7, 11) is 0. The van der Waals surface area contributed by atoms with Crippen molar-refractivity contribution < 1.29 is 24.6 Å². The maximum absolute atomic E-state index is 10.9. The van der Waals surface area contributed by atoms with Gasteiger partial charge in [-0.3, -0.25) is 9.59 Å². The molecule has 0 radical (unpaired) electrons. The number of benzene rings is 3. The van der Waals surface area contributed by atoms with Gasteiger partial charge in [0.15, 0.2) is 0 Å². The molecule has 3 rings (SSSR count). The molecule has 6 heteroatoms. The molecule has 4 N–H and O–H groups in total. The minimum atomic E-state index is -1.12. The van der Waals surface area contributed by atoms with E-state index < -0.39 is 23.9 Å². The van der Waals surface area contributed by atoms with Gasteiger partial charge in [0.2, 0.25) is 0 Å². The zero-order chi connectivity index (χ0) is 20.5. The molecule has 0 aliphatic rings. The number of hydrogen-bond donors (Lipinski definition) is 3. The van der Waals surface area contributed by atoms with Crippen molar-refractivity contribution in [3.05, 3.63) is 83.9 Å². The first-order valence-corrected chi connectivity index (χ1v) is 8.62. The molecule has 0 saturated carbocycles. The van der Waals surface area contributed by atoms with Crippen molar-refractivity contribution in [1.29, 1.82) is 0 Å². The normalized spacial score (nSPS) is 12.3. The average Bonchev–Trinajstić information content (AvgIpc) is 2.69. The minimum absolute atomic E-state index is 0.385. The highest BCUT2D eigenvalue weighted by atomic mass is 16.4. The van der Waals surface area contributed by atoms with Crippen molar-refractivity contribution >= 4 is 29.0 Å². The number of rotatable bonds is 6. The fraction of sp³-hybridized carbons (Fsp3) is 0.136. The van der Waals surface area contributed by atoms with E-state index in [2.05, 4.69) is 0 Å². The fourth-order valence-electron chi connectivity index (χ4n) is 2.74. The van der Waals surface area contributed by atoms with Gasteiger partial charge < -0.3 is 20.7 Å². The summed E-state index contributed by atoms with van der Waals surface area (Å²) in [6.07, 6.45) is 0.847. The van der Waals surface area contributed by atoms with Gasteiger partial charge in [-0.1, -0.05) is 72.8 Å². The van der Waals surface area contributed by atoms with Gasteiger partial charge in [0.1, 0.15) is 18.2 Å². The maximum Gasteiger partial charge on any atom is 0.320 e. The van der Waals surface area contributed by atoms with Crippen LogP contribution < -0.4 is 5.73 Å². The largest absolute Gasteiger partial charge is 0.480 e. The Kier molecular flexibility index (Phi) is 7.42. The number of carboxylic acid groups (broad SMARTS) is 2. The predicted molar refractivity (Wildman–Crippen MR) is 106 cm³/mol. The van der Waals surface area contributed by atoms with E-state index in [9.17, 15) is 14.4 Å². The van der Waals surface area contributed by atoms with E-state index in [-0.39, 0.29) is 0 Å². The van der Waals surface area contributed by atoms with Gasteiger partial charge in [-0.25, -0.2) is 0 Å². The lowest BCUT2D eigenvalue weighted by Gasteiger charge is -2.09. The van der Waals surface area contributed by atoms with Gasteiger partial charge in [0.05, 0.1) is 0 Å². The second-order valence-corrected chi connectivity index (χ2v) is 6.15. The first-order chi connectivity index (χ1) is 13.4. The van der Waals surface area contributed by atoms with Crippen molar-refractivity contribution in [3.63, 3.8) is 0 Å². The molecule has 0 spiro atoms. The van der Waals surface area contributed by atoms with Crippen LogP contribution in [0.1, 0.15) is 17.0 Å². The molecule has 0 saturated heterocycles. The van der Waals surface area contributed by atoms with Gasteiger partial charge >= 0.3 is 11.9 Å². The van der Waals surface area contributed by atoms with Gasteiger partial charge in [0, 0.05) is 0 Å². The van der Waals surface area contributed by atoms with Crippen molar-refractivity contribution in [2.45, 2.75) is 18.4 Å². The lowest BCUT2D eigenvalue weighted by Crippen LogP contribution is -2.32. The average molecular weight is 379 g/mol.